The van der Waals surface area contributed by atoms with Gasteiger partial charge in [-0.05, 0) is 24.5 Å². The monoisotopic (exact) mass is 322 g/mol. The Morgan fingerprint density at radius 3 is 2.95 bits per heavy atom. The van der Waals surface area contributed by atoms with Crippen molar-refractivity contribution in [3.05, 3.63) is 41.3 Å². The number of pyridine rings is 1. The molecule has 0 aliphatic heterocycles. The van der Waals surface area contributed by atoms with Gasteiger partial charge in [-0.3, -0.25) is 5.10 Å². The van der Waals surface area contributed by atoms with Crippen molar-refractivity contribution in [2.45, 2.75) is 15.8 Å². The van der Waals surface area contributed by atoms with E-state index < -0.39 is 0 Å². The third-order valence-corrected chi connectivity index (χ3v) is 4.79. The van der Waals surface area contributed by atoms with Crippen LogP contribution >= 0.6 is 35.1 Å². The molecule has 0 bridgehead atoms. The van der Waals surface area contributed by atoms with Crippen molar-refractivity contribution in [3.8, 4) is 0 Å². The van der Waals surface area contributed by atoms with Gasteiger partial charge < -0.3 is 0 Å². The van der Waals surface area contributed by atoms with Crippen LogP contribution in [0.25, 0.3) is 10.9 Å². The molecule has 0 aliphatic carbocycles. The highest BCUT2D eigenvalue weighted by atomic mass is 35.5. The number of rotatable bonds is 4. The van der Waals surface area contributed by atoms with Crippen LogP contribution in [0.4, 0.5) is 0 Å². The lowest BCUT2D eigenvalue weighted by Gasteiger charge is -2.06. The molecule has 0 amide bonds. The van der Waals surface area contributed by atoms with Gasteiger partial charge >= 0.3 is 0 Å². The van der Waals surface area contributed by atoms with E-state index in [1.807, 2.05) is 6.26 Å². The van der Waals surface area contributed by atoms with E-state index in [1.165, 1.54) is 11.2 Å². The molecule has 3 rings (SSSR count). The predicted molar refractivity (Wildman–Crippen MR) is 84.5 cm³/mol. The maximum Gasteiger partial charge on any atom is 0.183 e. The molecule has 0 spiro atoms. The van der Waals surface area contributed by atoms with E-state index in [4.69, 9.17) is 11.6 Å². The molecule has 0 saturated heterocycles. The molecule has 20 heavy (non-hydrogen) atoms. The van der Waals surface area contributed by atoms with Crippen LogP contribution in [0.2, 0.25) is 5.15 Å². The van der Waals surface area contributed by atoms with Gasteiger partial charge in [0.05, 0.1) is 5.52 Å². The third kappa shape index (κ3) is 2.92. The number of halogens is 1. The van der Waals surface area contributed by atoms with Crippen LogP contribution in [-0.4, -0.2) is 26.4 Å². The third-order valence-electron chi connectivity index (χ3n) is 2.81. The summed E-state index contributed by atoms with van der Waals surface area (Å²) in [7, 11) is 0. The zero-order valence-corrected chi connectivity index (χ0v) is 13.0. The summed E-state index contributed by atoms with van der Waals surface area (Å²) in [6, 6.07) is 8.31. The first-order valence-corrected chi connectivity index (χ1v) is 8.46. The van der Waals surface area contributed by atoms with Gasteiger partial charge in [0.25, 0.3) is 0 Å². The summed E-state index contributed by atoms with van der Waals surface area (Å²) in [6.45, 7) is 0. The number of H-pyrrole nitrogens is 1. The Kier molecular flexibility index (Phi) is 4.14. The van der Waals surface area contributed by atoms with Crippen LogP contribution < -0.4 is 0 Å². The molecule has 2 aromatic heterocycles. The maximum absolute atomic E-state index is 6.26. The summed E-state index contributed by atoms with van der Waals surface area (Å²) in [5.41, 5.74) is 1.92. The van der Waals surface area contributed by atoms with Gasteiger partial charge in [0, 0.05) is 21.6 Å². The molecule has 0 saturated carbocycles. The summed E-state index contributed by atoms with van der Waals surface area (Å²) in [5, 5.41) is 9.05. The first-order chi connectivity index (χ1) is 9.76. The SMILES string of the molecule is CSc1ccc2cc(CSc3ncn[nH]3)c(Cl)nc2c1. The van der Waals surface area contributed by atoms with Crippen LogP contribution in [-0.2, 0) is 5.75 Å². The van der Waals surface area contributed by atoms with E-state index in [2.05, 4.69) is 44.4 Å². The van der Waals surface area contributed by atoms with Crippen LogP contribution in [0.1, 0.15) is 5.56 Å². The van der Waals surface area contributed by atoms with Gasteiger partial charge in [-0.2, -0.15) is 5.10 Å². The zero-order chi connectivity index (χ0) is 13.9. The largest absolute Gasteiger partial charge is 0.254 e. The fourth-order valence-electron chi connectivity index (χ4n) is 1.81. The second-order valence-electron chi connectivity index (χ2n) is 4.08. The van der Waals surface area contributed by atoms with Crippen molar-refractivity contribution in [2.75, 3.05) is 6.26 Å². The molecule has 102 valence electrons. The lowest BCUT2D eigenvalue weighted by Crippen LogP contribution is -1.89. The number of nitrogens with zero attached hydrogens (tertiary/aromatic N) is 3. The minimum absolute atomic E-state index is 0.544. The lowest BCUT2D eigenvalue weighted by molar-refractivity contribution is 0.972. The molecule has 0 aliphatic rings. The zero-order valence-electron chi connectivity index (χ0n) is 10.6. The summed E-state index contributed by atoms with van der Waals surface area (Å²) in [4.78, 5) is 9.74. The van der Waals surface area contributed by atoms with Crippen molar-refractivity contribution in [1.82, 2.24) is 20.2 Å². The van der Waals surface area contributed by atoms with Crippen molar-refractivity contribution in [2.24, 2.45) is 0 Å². The van der Waals surface area contributed by atoms with Gasteiger partial charge in [-0.15, -0.1) is 11.8 Å². The first kappa shape index (κ1) is 13.7. The number of fused-ring (bicyclic) bond motifs is 1. The van der Waals surface area contributed by atoms with Crippen LogP contribution in [0, 0.1) is 0 Å². The summed E-state index contributed by atoms with van der Waals surface area (Å²) in [5.74, 6) is 0.710. The fourth-order valence-corrected chi connectivity index (χ4v) is 3.28. The van der Waals surface area contributed by atoms with Gasteiger partial charge in [0.15, 0.2) is 5.16 Å². The number of nitrogens with one attached hydrogen (secondary N) is 1. The molecule has 2 heterocycles. The minimum atomic E-state index is 0.544. The van der Waals surface area contributed by atoms with Crippen molar-refractivity contribution < 1.29 is 0 Å². The summed E-state index contributed by atoms with van der Waals surface area (Å²) in [6.07, 6.45) is 3.54. The lowest BCUT2D eigenvalue weighted by atomic mass is 10.2. The Hall–Kier alpha value is -1.24. The van der Waals surface area contributed by atoms with Crippen LogP contribution in [0.5, 0.6) is 0 Å². The number of benzene rings is 1. The van der Waals surface area contributed by atoms with Gasteiger partial charge in [0.1, 0.15) is 11.5 Å². The summed E-state index contributed by atoms with van der Waals surface area (Å²) < 4.78 is 0. The molecule has 0 radical (unpaired) electrons. The second kappa shape index (κ2) is 6.03. The van der Waals surface area contributed by atoms with E-state index in [0.717, 1.165) is 21.6 Å². The Morgan fingerprint density at radius 2 is 2.20 bits per heavy atom. The smallest absolute Gasteiger partial charge is 0.183 e. The first-order valence-electron chi connectivity index (χ1n) is 5.87. The number of aromatic nitrogens is 4. The molecular formula is C13H11ClN4S2. The van der Waals surface area contributed by atoms with Crippen molar-refractivity contribution >= 4 is 46.0 Å². The van der Waals surface area contributed by atoms with Crippen molar-refractivity contribution in [3.63, 3.8) is 0 Å². The van der Waals surface area contributed by atoms with Crippen LogP contribution in [0.15, 0.2) is 40.6 Å². The highest BCUT2D eigenvalue weighted by Gasteiger charge is 2.07. The summed E-state index contributed by atoms with van der Waals surface area (Å²) >= 11 is 9.51. The molecule has 0 fully saturated rings. The molecule has 1 aromatic carbocycles. The van der Waals surface area contributed by atoms with E-state index >= 15 is 0 Å². The van der Waals surface area contributed by atoms with Crippen molar-refractivity contribution in [1.29, 1.82) is 0 Å². The average Bonchev–Trinajstić information content (AvgIpc) is 2.97. The fraction of sp³-hybridized carbons (Fsp3) is 0.154. The van der Waals surface area contributed by atoms with E-state index in [1.54, 1.807) is 23.5 Å². The molecular weight excluding hydrogens is 312 g/mol. The number of thioether (sulfide) groups is 2. The average molecular weight is 323 g/mol. The quantitative estimate of drug-likeness (QED) is 0.580. The standard InChI is InChI=1S/C13H11ClN4S2/c1-19-10-3-2-8-4-9(12(14)17-11(8)5-10)6-20-13-15-7-16-18-13/h2-5,7H,6H2,1H3,(H,15,16,18). The number of aromatic amines is 1. The van der Waals surface area contributed by atoms with E-state index in [9.17, 15) is 0 Å². The van der Waals surface area contributed by atoms with Gasteiger partial charge in [-0.25, -0.2) is 9.97 Å². The van der Waals surface area contributed by atoms with E-state index in [0.29, 0.717) is 10.9 Å². The Morgan fingerprint density at radius 1 is 1.30 bits per heavy atom. The molecule has 0 unspecified atom stereocenters. The molecule has 3 aromatic rings. The highest BCUT2D eigenvalue weighted by Crippen LogP contribution is 2.28. The number of hydrogen-bond acceptors (Lipinski definition) is 5. The Labute approximate surface area is 129 Å². The van der Waals surface area contributed by atoms with E-state index in [-0.39, 0.29) is 0 Å². The molecule has 0 atom stereocenters. The van der Waals surface area contributed by atoms with Crippen LogP contribution in [0.3, 0.4) is 0 Å². The highest BCUT2D eigenvalue weighted by molar-refractivity contribution is 7.98. The molecule has 4 nitrogen and oxygen atoms in total. The van der Waals surface area contributed by atoms with Gasteiger partial charge in [0.2, 0.25) is 0 Å². The predicted octanol–water partition coefficient (Wildman–Crippen LogP) is 4.02. The topological polar surface area (TPSA) is 54.5 Å². The normalized spacial score (nSPS) is 11.1. The minimum Gasteiger partial charge on any atom is -0.254 e. The second-order valence-corrected chi connectivity index (χ2v) is 6.28. The number of hydrogen-bond donors (Lipinski definition) is 1. The maximum atomic E-state index is 6.26. The molecule has 1 N–H and O–H groups in total. The molecule has 7 heteroatoms. The van der Waals surface area contributed by atoms with Gasteiger partial charge in [-0.1, -0.05) is 29.4 Å². The Balaban J connectivity index is 1.89. The Bertz CT molecular complexity index is 731.